The van der Waals surface area contributed by atoms with Crippen LogP contribution in [0.25, 0.3) is 17.3 Å². The summed E-state index contributed by atoms with van der Waals surface area (Å²) in [4.78, 5) is 28.4. The highest BCUT2D eigenvalue weighted by Crippen LogP contribution is 2.31. The number of hydrazone groups is 1. The molecular weight excluding hydrogens is 410 g/mol. The van der Waals surface area contributed by atoms with Gasteiger partial charge in [-0.3, -0.25) is 4.79 Å². The molecule has 1 aromatic heterocycles. The Bertz CT molecular complexity index is 1160. The Kier molecular flexibility index (Phi) is 5.00. The Labute approximate surface area is 175 Å². The first-order valence-corrected chi connectivity index (χ1v) is 9.85. The zero-order valence-corrected chi connectivity index (χ0v) is 16.7. The van der Waals surface area contributed by atoms with Crippen molar-refractivity contribution >= 4 is 51.7 Å². The van der Waals surface area contributed by atoms with Gasteiger partial charge in [0.15, 0.2) is 0 Å². The number of amides is 1. The first-order chi connectivity index (χ1) is 13.9. The number of hydrogen-bond acceptors (Lipinski definition) is 5. The average Bonchev–Trinajstić information content (AvgIpc) is 3.29. The highest BCUT2D eigenvalue weighted by molar-refractivity contribution is 7.14. The highest BCUT2D eigenvalue weighted by Gasteiger charge is 2.30. The summed E-state index contributed by atoms with van der Waals surface area (Å²) >= 11 is 7.25. The van der Waals surface area contributed by atoms with Gasteiger partial charge in [0, 0.05) is 16.0 Å². The van der Waals surface area contributed by atoms with Crippen molar-refractivity contribution in [3.63, 3.8) is 0 Å². The molecule has 2 heterocycles. The maximum Gasteiger partial charge on any atom is 0.335 e. The van der Waals surface area contributed by atoms with Crippen molar-refractivity contribution in [3.8, 4) is 11.3 Å². The average molecular weight is 424 g/mol. The van der Waals surface area contributed by atoms with Crippen LogP contribution in [0.3, 0.4) is 0 Å². The van der Waals surface area contributed by atoms with Gasteiger partial charge in [0.05, 0.1) is 22.5 Å². The predicted octanol–water partition coefficient (Wildman–Crippen LogP) is 4.97. The number of carbonyl (C=O) groups is 2. The van der Waals surface area contributed by atoms with Crippen molar-refractivity contribution in [2.24, 2.45) is 5.10 Å². The molecule has 2 aromatic carbocycles. The number of hydrogen-bond donors (Lipinski definition) is 1. The lowest BCUT2D eigenvalue weighted by molar-refractivity contribution is -0.114. The molecule has 3 aromatic rings. The van der Waals surface area contributed by atoms with Crippen LogP contribution in [-0.2, 0) is 4.79 Å². The number of carboxylic acids is 1. The van der Waals surface area contributed by atoms with E-state index >= 15 is 0 Å². The smallest absolute Gasteiger partial charge is 0.335 e. The Balaban J connectivity index is 1.59. The molecule has 6 nitrogen and oxygen atoms in total. The van der Waals surface area contributed by atoms with Gasteiger partial charge < -0.3 is 5.11 Å². The molecule has 144 valence electrons. The topological polar surface area (TPSA) is 82.9 Å². The Morgan fingerprint density at radius 3 is 2.48 bits per heavy atom. The third kappa shape index (κ3) is 3.83. The second-order valence-electron chi connectivity index (χ2n) is 6.31. The van der Waals surface area contributed by atoms with Crippen LogP contribution in [0.2, 0.25) is 5.02 Å². The summed E-state index contributed by atoms with van der Waals surface area (Å²) in [5.41, 5.74) is 3.56. The van der Waals surface area contributed by atoms with Gasteiger partial charge in [-0.1, -0.05) is 35.9 Å². The van der Waals surface area contributed by atoms with Crippen molar-refractivity contribution in [2.75, 3.05) is 5.01 Å². The van der Waals surface area contributed by atoms with Crippen molar-refractivity contribution in [3.05, 3.63) is 75.6 Å². The van der Waals surface area contributed by atoms with Gasteiger partial charge >= 0.3 is 5.97 Å². The first kappa shape index (κ1) is 19.0. The molecule has 1 aliphatic heterocycles. The molecular formula is C21H14ClN3O3S. The fourth-order valence-corrected chi connectivity index (χ4v) is 3.72. The number of anilines is 1. The number of carbonyl (C=O) groups excluding carboxylic acids is 1. The van der Waals surface area contributed by atoms with E-state index in [-0.39, 0.29) is 11.5 Å². The zero-order chi connectivity index (χ0) is 20.5. The quantitative estimate of drug-likeness (QED) is 0.600. The van der Waals surface area contributed by atoms with E-state index in [4.69, 9.17) is 16.7 Å². The predicted molar refractivity (Wildman–Crippen MR) is 115 cm³/mol. The van der Waals surface area contributed by atoms with Crippen LogP contribution >= 0.6 is 22.9 Å². The van der Waals surface area contributed by atoms with Gasteiger partial charge in [-0.05, 0) is 42.8 Å². The van der Waals surface area contributed by atoms with E-state index < -0.39 is 5.97 Å². The number of halogens is 1. The summed E-state index contributed by atoms with van der Waals surface area (Å²) in [5.74, 6) is -1.27. The third-order valence-electron chi connectivity index (χ3n) is 4.34. The van der Waals surface area contributed by atoms with E-state index in [1.54, 1.807) is 37.3 Å². The molecule has 0 saturated heterocycles. The minimum absolute atomic E-state index is 0.189. The van der Waals surface area contributed by atoms with Gasteiger partial charge in [0.1, 0.15) is 0 Å². The molecule has 1 aliphatic rings. The molecule has 0 aliphatic carbocycles. The van der Waals surface area contributed by atoms with Crippen molar-refractivity contribution in [1.82, 2.24) is 4.98 Å². The molecule has 0 spiro atoms. The van der Waals surface area contributed by atoms with Gasteiger partial charge in [0.2, 0.25) is 5.13 Å². The van der Waals surface area contributed by atoms with E-state index in [1.165, 1.54) is 28.5 Å². The largest absolute Gasteiger partial charge is 0.478 e. The molecule has 8 heteroatoms. The van der Waals surface area contributed by atoms with Crippen molar-refractivity contribution < 1.29 is 14.7 Å². The molecule has 0 bridgehead atoms. The van der Waals surface area contributed by atoms with Crippen LogP contribution in [0.15, 0.2) is 64.6 Å². The van der Waals surface area contributed by atoms with Crippen LogP contribution in [-0.4, -0.2) is 27.7 Å². The summed E-state index contributed by atoms with van der Waals surface area (Å²) < 4.78 is 0. The molecule has 0 saturated carbocycles. The third-order valence-corrected chi connectivity index (χ3v) is 5.41. The summed E-state index contributed by atoms with van der Waals surface area (Å²) in [7, 11) is 0. The van der Waals surface area contributed by atoms with E-state index in [9.17, 15) is 9.59 Å². The second kappa shape index (κ2) is 7.62. The Morgan fingerprint density at radius 2 is 1.83 bits per heavy atom. The van der Waals surface area contributed by atoms with Crippen molar-refractivity contribution in [1.29, 1.82) is 0 Å². The number of rotatable bonds is 4. The molecule has 0 radical (unpaired) electrons. The van der Waals surface area contributed by atoms with E-state index in [0.717, 1.165) is 16.8 Å². The standard InChI is InChI=1S/C21H14ClN3O3S/c1-12-17(10-13-2-4-15(5-3-13)20(27)28)19(26)25(24-12)21-23-18(11-29-21)14-6-8-16(22)9-7-14/h2-11H,1H3,(H,27,28). The molecule has 4 rings (SSSR count). The first-order valence-electron chi connectivity index (χ1n) is 8.59. The second-order valence-corrected chi connectivity index (χ2v) is 7.58. The molecule has 29 heavy (non-hydrogen) atoms. The maximum absolute atomic E-state index is 12.9. The Morgan fingerprint density at radius 1 is 1.14 bits per heavy atom. The maximum atomic E-state index is 12.9. The summed E-state index contributed by atoms with van der Waals surface area (Å²) in [6.45, 7) is 1.75. The molecule has 1 N–H and O–H groups in total. The molecule has 0 unspecified atom stereocenters. The number of carboxylic acid groups (broad SMARTS) is 1. The number of nitrogens with zero attached hydrogens (tertiary/aromatic N) is 3. The molecule has 1 amide bonds. The number of thiazole rings is 1. The van der Waals surface area contributed by atoms with Crippen LogP contribution in [0.5, 0.6) is 0 Å². The fraction of sp³-hybridized carbons (Fsp3) is 0.0476. The minimum atomic E-state index is -0.995. The zero-order valence-electron chi connectivity index (χ0n) is 15.2. The fourth-order valence-electron chi connectivity index (χ4n) is 2.82. The van der Waals surface area contributed by atoms with Crippen LogP contribution < -0.4 is 5.01 Å². The highest BCUT2D eigenvalue weighted by atomic mass is 35.5. The van der Waals surface area contributed by atoms with E-state index in [2.05, 4.69) is 10.1 Å². The number of aromatic carboxylic acids is 1. The van der Waals surface area contributed by atoms with Gasteiger partial charge in [-0.15, -0.1) is 11.3 Å². The number of benzene rings is 2. The van der Waals surface area contributed by atoms with E-state index in [0.29, 0.717) is 21.4 Å². The van der Waals surface area contributed by atoms with Crippen LogP contribution in [0.1, 0.15) is 22.8 Å². The van der Waals surface area contributed by atoms with Gasteiger partial charge in [-0.2, -0.15) is 10.1 Å². The lowest BCUT2D eigenvalue weighted by Crippen LogP contribution is -2.21. The summed E-state index contributed by atoms with van der Waals surface area (Å²) in [5, 5.41) is 17.6. The number of aromatic nitrogens is 1. The summed E-state index contributed by atoms with van der Waals surface area (Å²) in [6.07, 6.45) is 1.69. The van der Waals surface area contributed by atoms with Crippen LogP contribution in [0, 0.1) is 0 Å². The minimum Gasteiger partial charge on any atom is -0.478 e. The lowest BCUT2D eigenvalue weighted by atomic mass is 10.1. The molecule has 0 atom stereocenters. The molecule has 0 fully saturated rings. The van der Waals surface area contributed by atoms with E-state index in [1.807, 2.05) is 17.5 Å². The Hall–Kier alpha value is -3.29. The van der Waals surface area contributed by atoms with Crippen LogP contribution in [0.4, 0.5) is 5.13 Å². The van der Waals surface area contributed by atoms with Gasteiger partial charge in [0.25, 0.3) is 5.91 Å². The summed E-state index contributed by atoms with van der Waals surface area (Å²) in [6, 6.07) is 13.6. The normalized spacial score (nSPS) is 15.1. The van der Waals surface area contributed by atoms with Crippen molar-refractivity contribution in [2.45, 2.75) is 6.92 Å². The van der Waals surface area contributed by atoms with Gasteiger partial charge in [-0.25, -0.2) is 9.78 Å². The SMILES string of the molecule is CC1=NN(c2nc(-c3ccc(Cl)cc3)cs2)C(=O)C1=Cc1ccc(C(=O)O)cc1. The lowest BCUT2D eigenvalue weighted by Gasteiger charge is -2.07. The monoisotopic (exact) mass is 423 g/mol.